The van der Waals surface area contributed by atoms with Crippen LogP contribution in [0.3, 0.4) is 0 Å². The highest BCUT2D eigenvalue weighted by Crippen LogP contribution is 2.28. The van der Waals surface area contributed by atoms with Gasteiger partial charge in [0.2, 0.25) is 0 Å². The average Bonchev–Trinajstić information content (AvgIpc) is 2.77. The Morgan fingerprint density at radius 2 is 2.11 bits per heavy atom. The Morgan fingerprint density at radius 3 is 2.84 bits per heavy atom. The van der Waals surface area contributed by atoms with Gasteiger partial charge >= 0.3 is 0 Å². The predicted octanol–water partition coefficient (Wildman–Crippen LogP) is 3.16. The molecule has 19 heavy (non-hydrogen) atoms. The molecule has 92 valence electrons. The van der Waals surface area contributed by atoms with Gasteiger partial charge in [-0.2, -0.15) is 5.26 Å². The van der Waals surface area contributed by atoms with Crippen LogP contribution >= 0.6 is 11.6 Å². The molecule has 0 N–H and O–H groups in total. The van der Waals surface area contributed by atoms with E-state index in [0.29, 0.717) is 5.82 Å². The Kier molecular flexibility index (Phi) is 2.69. The van der Waals surface area contributed by atoms with Crippen LogP contribution in [-0.2, 0) is 7.05 Å². The Balaban J connectivity index is 2.25. The predicted molar refractivity (Wildman–Crippen MR) is 73.7 cm³/mol. The molecule has 2 aromatic heterocycles. The number of fused-ring (bicyclic) bond motifs is 1. The van der Waals surface area contributed by atoms with Crippen molar-refractivity contribution in [3.05, 3.63) is 47.4 Å². The molecule has 0 unspecified atom stereocenters. The van der Waals surface area contributed by atoms with E-state index in [1.54, 1.807) is 0 Å². The van der Waals surface area contributed by atoms with Gasteiger partial charge in [-0.1, -0.05) is 29.8 Å². The van der Waals surface area contributed by atoms with Crippen LogP contribution in [0.5, 0.6) is 0 Å². The quantitative estimate of drug-likeness (QED) is 0.637. The van der Waals surface area contributed by atoms with Gasteiger partial charge in [-0.3, -0.25) is 0 Å². The molecule has 3 aromatic rings. The zero-order chi connectivity index (χ0) is 13.4. The van der Waals surface area contributed by atoms with Crippen molar-refractivity contribution >= 4 is 22.5 Å². The first kappa shape index (κ1) is 11.7. The molecule has 0 saturated heterocycles. The maximum Gasteiger partial charge on any atom is 0.163 e. The van der Waals surface area contributed by atoms with Crippen LogP contribution in [-0.4, -0.2) is 14.5 Å². The van der Waals surface area contributed by atoms with E-state index in [-0.39, 0.29) is 10.7 Å². The Bertz CT molecular complexity index is 814. The standard InChI is InChI=1S/C14H9ClN4/c1-19-8-11(10-4-2-3-5-12(10)19)14-17-7-9(6-16)13(15)18-14/h2-5,7-8H,1H3. The van der Waals surface area contributed by atoms with Crippen molar-refractivity contribution in [1.82, 2.24) is 14.5 Å². The normalized spacial score (nSPS) is 10.6. The van der Waals surface area contributed by atoms with Gasteiger partial charge in [-0.15, -0.1) is 0 Å². The second-order valence-electron chi connectivity index (χ2n) is 4.18. The van der Waals surface area contributed by atoms with Crippen LogP contribution in [0.2, 0.25) is 5.15 Å². The number of hydrogen-bond donors (Lipinski definition) is 0. The van der Waals surface area contributed by atoms with E-state index in [0.717, 1.165) is 16.5 Å². The number of aryl methyl sites for hydroxylation is 1. The second kappa shape index (κ2) is 4.38. The number of nitriles is 1. The number of benzene rings is 1. The number of nitrogens with zero attached hydrogens (tertiary/aromatic N) is 4. The van der Waals surface area contributed by atoms with Gasteiger partial charge in [0.15, 0.2) is 11.0 Å². The summed E-state index contributed by atoms with van der Waals surface area (Å²) in [5.74, 6) is 0.529. The largest absolute Gasteiger partial charge is 0.350 e. The van der Waals surface area contributed by atoms with Gasteiger partial charge < -0.3 is 4.57 Å². The molecule has 0 bridgehead atoms. The third-order valence-electron chi connectivity index (χ3n) is 3.00. The minimum Gasteiger partial charge on any atom is -0.350 e. The molecule has 0 aliphatic heterocycles. The molecule has 0 aliphatic carbocycles. The summed E-state index contributed by atoms with van der Waals surface area (Å²) in [7, 11) is 1.97. The van der Waals surface area contributed by atoms with E-state index in [9.17, 15) is 0 Å². The van der Waals surface area contributed by atoms with E-state index in [1.165, 1.54) is 6.20 Å². The minimum atomic E-state index is 0.181. The van der Waals surface area contributed by atoms with Crippen molar-refractivity contribution in [2.75, 3.05) is 0 Å². The van der Waals surface area contributed by atoms with Crippen LogP contribution in [0.1, 0.15) is 5.56 Å². The molecule has 0 fully saturated rings. The molecular formula is C14H9ClN4. The van der Waals surface area contributed by atoms with Crippen molar-refractivity contribution in [1.29, 1.82) is 5.26 Å². The smallest absolute Gasteiger partial charge is 0.163 e. The van der Waals surface area contributed by atoms with E-state index in [2.05, 4.69) is 9.97 Å². The molecule has 0 radical (unpaired) electrons. The monoisotopic (exact) mass is 268 g/mol. The van der Waals surface area contributed by atoms with Gasteiger partial charge in [-0.25, -0.2) is 9.97 Å². The van der Waals surface area contributed by atoms with Crippen LogP contribution in [0.25, 0.3) is 22.3 Å². The maximum absolute atomic E-state index is 8.84. The molecule has 0 spiro atoms. The molecule has 0 amide bonds. The summed E-state index contributed by atoms with van der Waals surface area (Å²) in [4.78, 5) is 8.41. The summed E-state index contributed by atoms with van der Waals surface area (Å²) in [6, 6.07) is 9.95. The fourth-order valence-corrected chi connectivity index (χ4v) is 2.26. The van der Waals surface area contributed by atoms with Crippen LogP contribution in [0, 0.1) is 11.3 Å². The molecule has 2 heterocycles. The highest BCUT2D eigenvalue weighted by atomic mass is 35.5. The summed E-state index contributed by atoms with van der Waals surface area (Å²) < 4.78 is 2.01. The lowest BCUT2D eigenvalue weighted by Gasteiger charge is -1.99. The van der Waals surface area contributed by atoms with E-state index >= 15 is 0 Å². The van der Waals surface area contributed by atoms with Crippen molar-refractivity contribution < 1.29 is 0 Å². The Morgan fingerprint density at radius 1 is 1.32 bits per heavy atom. The molecule has 1 aromatic carbocycles. The number of halogens is 1. The first-order valence-corrected chi connectivity index (χ1v) is 6.05. The Labute approximate surface area is 114 Å². The summed E-state index contributed by atoms with van der Waals surface area (Å²) in [5, 5.41) is 10.1. The highest BCUT2D eigenvalue weighted by Gasteiger charge is 2.12. The molecular weight excluding hydrogens is 260 g/mol. The maximum atomic E-state index is 8.84. The van der Waals surface area contributed by atoms with Gasteiger partial charge in [0.05, 0.1) is 6.20 Å². The lowest BCUT2D eigenvalue weighted by atomic mass is 10.1. The van der Waals surface area contributed by atoms with Crippen LogP contribution in [0.15, 0.2) is 36.7 Å². The van der Waals surface area contributed by atoms with Crippen molar-refractivity contribution in [3.8, 4) is 17.5 Å². The van der Waals surface area contributed by atoms with Crippen LogP contribution in [0.4, 0.5) is 0 Å². The Hall–Kier alpha value is -2.38. The third-order valence-corrected chi connectivity index (χ3v) is 3.29. The van der Waals surface area contributed by atoms with Crippen LogP contribution < -0.4 is 0 Å². The minimum absolute atomic E-state index is 0.181. The molecule has 0 atom stereocenters. The first-order chi connectivity index (χ1) is 9.20. The number of hydrogen-bond acceptors (Lipinski definition) is 3. The zero-order valence-electron chi connectivity index (χ0n) is 10.1. The van der Waals surface area contributed by atoms with Gasteiger partial charge in [0.25, 0.3) is 0 Å². The SMILES string of the molecule is Cn1cc(-c2ncc(C#N)c(Cl)n2)c2ccccc21. The lowest BCUT2D eigenvalue weighted by Crippen LogP contribution is -1.91. The van der Waals surface area contributed by atoms with Crippen molar-refractivity contribution in [2.24, 2.45) is 7.05 Å². The molecule has 0 saturated carbocycles. The van der Waals surface area contributed by atoms with Crippen molar-refractivity contribution in [3.63, 3.8) is 0 Å². The van der Waals surface area contributed by atoms with E-state index in [4.69, 9.17) is 16.9 Å². The molecule has 0 aliphatic rings. The summed E-state index contributed by atoms with van der Waals surface area (Å²) in [6.07, 6.45) is 3.41. The van der Waals surface area contributed by atoms with Gasteiger partial charge in [0.1, 0.15) is 11.6 Å². The summed E-state index contributed by atoms with van der Waals surface area (Å²) >= 11 is 5.96. The summed E-state index contributed by atoms with van der Waals surface area (Å²) in [5.41, 5.74) is 2.29. The second-order valence-corrected chi connectivity index (χ2v) is 4.54. The lowest BCUT2D eigenvalue weighted by molar-refractivity contribution is 0.968. The fourth-order valence-electron chi connectivity index (χ4n) is 2.09. The highest BCUT2D eigenvalue weighted by molar-refractivity contribution is 6.30. The first-order valence-electron chi connectivity index (χ1n) is 5.68. The molecule has 4 nitrogen and oxygen atoms in total. The van der Waals surface area contributed by atoms with Gasteiger partial charge in [0, 0.05) is 29.7 Å². The third kappa shape index (κ3) is 1.85. The number of aromatic nitrogens is 3. The van der Waals surface area contributed by atoms with E-state index < -0.39 is 0 Å². The van der Waals surface area contributed by atoms with Gasteiger partial charge in [-0.05, 0) is 6.07 Å². The summed E-state index contributed by atoms with van der Waals surface area (Å²) in [6.45, 7) is 0. The molecule has 3 rings (SSSR count). The zero-order valence-corrected chi connectivity index (χ0v) is 10.9. The number of rotatable bonds is 1. The average molecular weight is 269 g/mol. The van der Waals surface area contributed by atoms with Crippen molar-refractivity contribution in [2.45, 2.75) is 0 Å². The fraction of sp³-hybridized carbons (Fsp3) is 0.0714. The topological polar surface area (TPSA) is 54.5 Å². The number of para-hydroxylation sites is 1. The molecule has 5 heteroatoms. The van der Waals surface area contributed by atoms with E-state index in [1.807, 2.05) is 48.1 Å².